The molecule has 4 heterocycles. The number of aromatic hydroxyl groups is 1. The molecule has 3 fully saturated rings. The number of likely N-dealkylation sites (N-methyl/N-ethyl adjacent to an activating group) is 1. The first-order chi connectivity index (χ1) is 25.4. The summed E-state index contributed by atoms with van der Waals surface area (Å²) in [6, 6.07) is 13.9. The molecule has 0 radical (unpaired) electrons. The molecular weight excluding hydrogens is 746 g/mol. The standard InChI is InChI=1S/C22H33BrN4O4.C16H21N3O3/c1-16(13-17-3-4-20(28)19(23)14-17)22(30)27-7-5-18(6-8-27)26-11-9-25(10-12-26)15-21(29)24(2)31;1-22-16(21)18-9-7-13(8-10-18)19-11-6-12-4-2-3-5-14(12)17-15(19)20/h3-4,14,16,18,28,31H,5-13,15H2,1-2H3;2-5,13H,6-11H2,1H3,(H,17,20)/t16-;/m1./s1. The lowest BCUT2D eigenvalue weighted by molar-refractivity contribution is -0.161. The van der Waals surface area contributed by atoms with Crippen LogP contribution in [0.5, 0.6) is 5.75 Å². The largest absolute Gasteiger partial charge is 0.507 e. The number of piperazine rings is 1. The number of phenols is 1. The van der Waals surface area contributed by atoms with Crippen molar-refractivity contribution in [3.05, 3.63) is 58.1 Å². The van der Waals surface area contributed by atoms with Gasteiger partial charge < -0.3 is 29.9 Å². The molecule has 0 unspecified atom stereocenters. The van der Waals surface area contributed by atoms with Gasteiger partial charge in [0.1, 0.15) is 5.75 Å². The van der Waals surface area contributed by atoms with Crippen molar-refractivity contribution in [1.82, 2.24) is 29.6 Å². The molecule has 3 N–H and O–H groups in total. The van der Waals surface area contributed by atoms with Crippen LogP contribution < -0.4 is 5.32 Å². The molecule has 0 aliphatic carbocycles. The maximum atomic E-state index is 12.9. The van der Waals surface area contributed by atoms with Crippen molar-refractivity contribution in [3.63, 3.8) is 0 Å². The van der Waals surface area contributed by atoms with Crippen LogP contribution in [0.2, 0.25) is 0 Å². The number of nitrogens with one attached hydrogen (secondary N) is 1. The number of hydrogen-bond donors (Lipinski definition) is 3. The third kappa shape index (κ3) is 10.8. The third-order valence-electron chi connectivity index (χ3n) is 10.9. The summed E-state index contributed by atoms with van der Waals surface area (Å²) in [5, 5.41) is 22.5. The van der Waals surface area contributed by atoms with Crippen LogP contribution in [0.4, 0.5) is 15.3 Å². The summed E-state index contributed by atoms with van der Waals surface area (Å²) < 4.78 is 5.40. The number of methoxy groups -OCH3 is 1. The number of carbonyl (C=O) groups is 4. The zero-order valence-electron chi connectivity index (χ0n) is 31.1. The van der Waals surface area contributed by atoms with Gasteiger partial charge in [-0.3, -0.25) is 24.6 Å². The summed E-state index contributed by atoms with van der Waals surface area (Å²) >= 11 is 3.33. The van der Waals surface area contributed by atoms with Crippen LogP contribution in [0.25, 0.3) is 0 Å². The number of amides is 5. The van der Waals surface area contributed by atoms with Gasteiger partial charge in [-0.1, -0.05) is 31.2 Å². The van der Waals surface area contributed by atoms with Crippen LogP contribution in [-0.4, -0.2) is 156 Å². The number of fused-ring (bicyclic) bond motifs is 1. The number of urea groups is 1. The fourth-order valence-electron chi connectivity index (χ4n) is 7.69. The van der Waals surface area contributed by atoms with Crippen LogP contribution in [-0.2, 0) is 27.2 Å². The van der Waals surface area contributed by atoms with Crippen LogP contribution in [0.3, 0.4) is 0 Å². The van der Waals surface area contributed by atoms with Gasteiger partial charge >= 0.3 is 12.1 Å². The number of phenolic OH excluding ortho intramolecular Hbond substituents is 1. The van der Waals surface area contributed by atoms with Gasteiger partial charge in [-0.2, -0.15) is 0 Å². The minimum Gasteiger partial charge on any atom is -0.507 e. The summed E-state index contributed by atoms with van der Waals surface area (Å²) in [5.41, 5.74) is 3.11. The number of anilines is 1. The monoisotopic (exact) mass is 799 g/mol. The summed E-state index contributed by atoms with van der Waals surface area (Å²) in [6.07, 6.45) is 4.75. The van der Waals surface area contributed by atoms with Gasteiger partial charge in [-0.15, -0.1) is 0 Å². The molecule has 0 aromatic heterocycles. The number of para-hydroxylation sites is 1. The topological polar surface area (TPSA) is 149 Å². The van der Waals surface area contributed by atoms with E-state index in [0.29, 0.717) is 41.6 Å². The van der Waals surface area contributed by atoms with Crippen molar-refractivity contribution in [1.29, 1.82) is 0 Å². The van der Waals surface area contributed by atoms with E-state index in [2.05, 4.69) is 37.1 Å². The molecule has 15 heteroatoms. The van der Waals surface area contributed by atoms with E-state index in [0.717, 1.165) is 82.6 Å². The van der Waals surface area contributed by atoms with Gasteiger partial charge in [-0.05, 0) is 83.8 Å². The molecule has 2 aromatic rings. The molecule has 6 rings (SSSR count). The Morgan fingerprint density at radius 3 is 2.21 bits per heavy atom. The molecule has 3 saturated heterocycles. The molecule has 4 aliphatic heterocycles. The Labute approximate surface area is 320 Å². The van der Waals surface area contributed by atoms with Crippen molar-refractivity contribution in [3.8, 4) is 5.75 Å². The van der Waals surface area contributed by atoms with Gasteiger partial charge in [-0.25, -0.2) is 14.7 Å². The van der Waals surface area contributed by atoms with Gasteiger partial charge in [0.25, 0.3) is 5.91 Å². The zero-order chi connectivity index (χ0) is 38.1. The molecule has 53 heavy (non-hydrogen) atoms. The van der Waals surface area contributed by atoms with Crippen LogP contribution in [0.1, 0.15) is 43.7 Å². The predicted octanol–water partition coefficient (Wildman–Crippen LogP) is 4.10. The molecule has 1 atom stereocenters. The summed E-state index contributed by atoms with van der Waals surface area (Å²) in [6.45, 7) is 9.22. The maximum Gasteiger partial charge on any atom is 0.409 e. The summed E-state index contributed by atoms with van der Waals surface area (Å²) in [7, 11) is 2.76. The maximum absolute atomic E-state index is 12.9. The lowest BCUT2D eigenvalue weighted by Crippen LogP contribution is -2.55. The Bertz CT molecular complexity index is 1570. The van der Waals surface area contributed by atoms with Gasteiger partial charge in [0.15, 0.2) is 0 Å². The minimum atomic E-state index is -0.286. The lowest BCUT2D eigenvalue weighted by atomic mass is 9.97. The Morgan fingerprint density at radius 2 is 1.57 bits per heavy atom. The Morgan fingerprint density at radius 1 is 0.925 bits per heavy atom. The number of ether oxygens (including phenoxy) is 1. The number of benzene rings is 2. The minimum absolute atomic E-state index is 0.0403. The van der Waals surface area contributed by atoms with Crippen molar-refractivity contribution < 1.29 is 34.2 Å². The molecular formula is C38H54BrN7O7. The van der Waals surface area contributed by atoms with E-state index in [4.69, 9.17) is 4.74 Å². The van der Waals surface area contributed by atoms with Crippen LogP contribution in [0.15, 0.2) is 46.9 Å². The molecule has 290 valence electrons. The third-order valence-corrected chi connectivity index (χ3v) is 11.5. The summed E-state index contributed by atoms with van der Waals surface area (Å²) in [4.78, 5) is 58.7. The predicted molar refractivity (Wildman–Crippen MR) is 204 cm³/mol. The van der Waals surface area contributed by atoms with Gasteiger partial charge in [0.2, 0.25) is 5.91 Å². The Hall–Kier alpha value is -3.92. The van der Waals surface area contributed by atoms with Gasteiger partial charge in [0, 0.05) is 89.6 Å². The van der Waals surface area contributed by atoms with E-state index in [1.54, 1.807) is 11.0 Å². The average Bonchev–Trinajstić information content (AvgIpc) is 3.34. The second-order valence-corrected chi connectivity index (χ2v) is 15.3. The van der Waals surface area contributed by atoms with Crippen molar-refractivity contribution in [2.75, 3.05) is 84.9 Å². The first kappa shape index (κ1) is 40.3. The zero-order valence-corrected chi connectivity index (χ0v) is 32.7. The number of halogens is 1. The van der Waals surface area contributed by atoms with Crippen LogP contribution >= 0.6 is 15.9 Å². The summed E-state index contributed by atoms with van der Waals surface area (Å²) in [5.74, 6) is 0.0184. The quantitative estimate of drug-likeness (QED) is 0.278. The van der Waals surface area contributed by atoms with E-state index in [-0.39, 0.29) is 48.2 Å². The number of rotatable bonds is 7. The molecule has 0 saturated carbocycles. The lowest BCUT2D eigenvalue weighted by Gasteiger charge is -2.43. The highest BCUT2D eigenvalue weighted by Gasteiger charge is 2.33. The smallest absolute Gasteiger partial charge is 0.409 e. The van der Waals surface area contributed by atoms with Crippen molar-refractivity contribution in [2.24, 2.45) is 5.92 Å². The Balaban J connectivity index is 0.000000216. The van der Waals surface area contributed by atoms with E-state index in [9.17, 15) is 29.5 Å². The molecule has 4 aliphatic rings. The average molecular weight is 801 g/mol. The molecule has 14 nitrogen and oxygen atoms in total. The molecule has 2 aromatic carbocycles. The number of piperidine rings is 2. The second-order valence-electron chi connectivity index (χ2n) is 14.4. The van der Waals surface area contributed by atoms with E-state index >= 15 is 0 Å². The second kappa shape index (κ2) is 18.9. The number of carbonyl (C=O) groups excluding carboxylic acids is 4. The number of likely N-dealkylation sites (tertiary alicyclic amines) is 2. The molecule has 0 spiro atoms. The van der Waals surface area contributed by atoms with Crippen LogP contribution in [0, 0.1) is 5.92 Å². The first-order valence-electron chi connectivity index (χ1n) is 18.6. The van der Waals surface area contributed by atoms with Gasteiger partial charge in [0.05, 0.1) is 18.1 Å². The van der Waals surface area contributed by atoms with Crippen molar-refractivity contribution in [2.45, 2.75) is 57.5 Å². The molecule has 5 amide bonds. The number of hydroxylamine groups is 2. The number of hydrogen-bond acceptors (Lipinski definition) is 9. The highest BCUT2D eigenvalue weighted by Crippen LogP contribution is 2.27. The SMILES string of the molecule is COC(=O)N1CCC(N2CCc3ccccc3NC2=O)CC1.C[C@H](Cc1ccc(O)c(Br)c1)C(=O)N1CCC(N2CCN(CC(=O)N(C)O)CC2)CC1. The fraction of sp³-hybridized carbons (Fsp3) is 0.579. The normalized spacial score (nSPS) is 19.6. The van der Waals surface area contributed by atoms with Crippen molar-refractivity contribution >= 4 is 45.6 Å². The highest BCUT2D eigenvalue weighted by atomic mass is 79.9. The fourth-order valence-corrected chi connectivity index (χ4v) is 8.12. The molecule has 0 bridgehead atoms. The number of nitrogens with zero attached hydrogens (tertiary/aromatic N) is 6. The first-order valence-corrected chi connectivity index (χ1v) is 19.4. The van der Waals surface area contributed by atoms with E-state index in [1.165, 1.54) is 19.7 Å². The van der Waals surface area contributed by atoms with E-state index < -0.39 is 0 Å². The highest BCUT2D eigenvalue weighted by molar-refractivity contribution is 9.10. The van der Waals surface area contributed by atoms with E-state index in [1.807, 2.05) is 47.1 Å². The Kier molecular flexibility index (Phi) is 14.4.